The van der Waals surface area contributed by atoms with Gasteiger partial charge in [-0.1, -0.05) is 84.9 Å². The third-order valence-electron chi connectivity index (χ3n) is 6.89. The van der Waals surface area contributed by atoms with Crippen molar-refractivity contribution >= 4 is 32.6 Å². The standard InChI is InChI=1S/C31H25N/c1-20-18-25-26(19-21(20)2)31-30(24-16-10-11-17-27(24)32(31)3)29(23-14-8-5-9-15-23)28(25)22-12-6-4-7-13-22/h4-19H,1-3H3. The summed E-state index contributed by atoms with van der Waals surface area (Å²) in [6.07, 6.45) is 0. The van der Waals surface area contributed by atoms with Gasteiger partial charge in [0.25, 0.3) is 0 Å². The fourth-order valence-corrected chi connectivity index (χ4v) is 5.24. The van der Waals surface area contributed by atoms with Gasteiger partial charge >= 0.3 is 0 Å². The lowest BCUT2D eigenvalue weighted by molar-refractivity contribution is 1.02. The van der Waals surface area contributed by atoms with Gasteiger partial charge in [0.15, 0.2) is 0 Å². The highest BCUT2D eigenvalue weighted by atomic mass is 14.9. The van der Waals surface area contributed by atoms with Gasteiger partial charge < -0.3 is 4.57 Å². The van der Waals surface area contributed by atoms with E-state index in [1.54, 1.807) is 0 Å². The Morgan fingerprint density at radius 2 is 1.06 bits per heavy atom. The van der Waals surface area contributed by atoms with Crippen LogP contribution in [0.4, 0.5) is 0 Å². The van der Waals surface area contributed by atoms with Crippen molar-refractivity contribution in [3.63, 3.8) is 0 Å². The summed E-state index contributed by atoms with van der Waals surface area (Å²) in [5.41, 5.74) is 10.4. The van der Waals surface area contributed by atoms with Crippen molar-refractivity contribution in [3.05, 3.63) is 108 Å². The van der Waals surface area contributed by atoms with E-state index in [0.29, 0.717) is 0 Å². The lowest BCUT2D eigenvalue weighted by Gasteiger charge is -2.19. The van der Waals surface area contributed by atoms with Gasteiger partial charge in [-0.05, 0) is 59.2 Å². The number of benzene rings is 5. The summed E-state index contributed by atoms with van der Waals surface area (Å²) in [5.74, 6) is 0. The summed E-state index contributed by atoms with van der Waals surface area (Å²) in [5, 5.41) is 5.28. The molecule has 0 N–H and O–H groups in total. The smallest absolute Gasteiger partial charge is 0.0575 e. The lowest BCUT2D eigenvalue weighted by Crippen LogP contribution is -1.95. The molecule has 0 atom stereocenters. The van der Waals surface area contributed by atoms with Gasteiger partial charge in [-0.3, -0.25) is 0 Å². The molecule has 0 saturated heterocycles. The Morgan fingerprint density at radius 1 is 0.531 bits per heavy atom. The minimum Gasteiger partial charge on any atom is -0.343 e. The third-order valence-corrected chi connectivity index (χ3v) is 6.89. The van der Waals surface area contributed by atoms with Crippen LogP contribution < -0.4 is 0 Å². The van der Waals surface area contributed by atoms with Crippen molar-refractivity contribution in [3.8, 4) is 22.3 Å². The number of aromatic nitrogens is 1. The zero-order chi connectivity index (χ0) is 21.8. The van der Waals surface area contributed by atoms with E-state index in [1.807, 2.05) is 0 Å². The topological polar surface area (TPSA) is 4.93 Å². The molecular formula is C31H25N. The van der Waals surface area contributed by atoms with Crippen LogP contribution in [0.3, 0.4) is 0 Å². The van der Waals surface area contributed by atoms with E-state index in [1.165, 1.54) is 66.0 Å². The van der Waals surface area contributed by atoms with E-state index in [-0.39, 0.29) is 0 Å². The van der Waals surface area contributed by atoms with Crippen molar-refractivity contribution in [2.75, 3.05) is 0 Å². The molecule has 32 heavy (non-hydrogen) atoms. The van der Waals surface area contributed by atoms with Gasteiger partial charge in [-0.15, -0.1) is 0 Å². The van der Waals surface area contributed by atoms with Crippen LogP contribution >= 0.6 is 0 Å². The Morgan fingerprint density at radius 3 is 1.72 bits per heavy atom. The predicted octanol–water partition coefficient (Wildman–Crippen LogP) is 8.44. The minimum absolute atomic E-state index is 1.26. The number of fused-ring (bicyclic) bond motifs is 5. The summed E-state index contributed by atoms with van der Waals surface area (Å²) in [6.45, 7) is 4.44. The number of rotatable bonds is 2. The Bertz CT molecular complexity index is 1620. The molecule has 154 valence electrons. The zero-order valence-electron chi connectivity index (χ0n) is 18.7. The van der Waals surface area contributed by atoms with E-state index in [2.05, 4.69) is 123 Å². The van der Waals surface area contributed by atoms with E-state index in [4.69, 9.17) is 0 Å². The summed E-state index contributed by atoms with van der Waals surface area (Å²) in [6, 6.07) is 35.3. The first-order valence-corrected chi connectivity index (χ1v) is 11.2. The zero-order valence-corrected chi connectivity index (χ0v) is 18.7. The first-order chi connectivity index (χ1) is 15.6. The Balaban J connectivity index is 1.99. The van der Waals surface area contributed by atoms with Crippen LogP contribution in [0.2, 0.25) is 0 Å². The van der Waals surface area contributed by atoms with Gasteiger partial charge in [0.1, 0.15) is 0 Å². The Labute approximate surface area is 188 Å². The molecule has 0 saturated carbocycles. The predicted molar refractivity (Wildman–Crippen MR) is 138 cm³/mol. The van der Waals surface area contributed by atoms with Crippen LogP contribution in [0.25, 0.3) is 54.8 Å². The molecule has 0 fully saturated rings. The van der Waals surface area contributed by atoms with Crippen LogP contribution in [0.5, 0.6) is 0 Å². The van der Waals surface area contributed by atoms with Crippen molar-refractivity contribution in [1.82, 2.24) is 4.57 Å². The largest absolute Gasteiger partial charge is 0.343 e. The molecule has 0 amide bonds. The number of hydrogen-bond acceptors (Lipinski definition) is 0. The van der Waals surface area contributed by atoms with E-state index in [9.17, 15) is 0 Å². The molecule has 1 aromatic heterocycles. The van der Waals surface area contributed by atoms with Crippen LogP contribution in [-0.4, -0.2) is 4.57 Å². The normalized spacial score (nSPS) is 11.6. The van der Waals surface area contributed by atoms with Crippen LogP contribution in [-0.2, 0) is 7.05 Å². The van der Waals surface area contributed by atoms with Crippen molar-refractivity contribution < 1.29 is 0 Å². The Hall–Kier alpha value is -3.84. The second kappa shape index (κ2) is 7.10. The molecule has 0 aliphatic heterocycles. The van der Waals surface area contributed by atoms with Gasteiger partial charge in [0, 0.05) is 34.3 Å². The number of nitrogens with zero attached hydrogens (tertiary/aromatic N) is 1. The first-order valence-electron chi connectivity index (χ1n) is 11.2. The van der Waals surface area contributed by atoms with Gasteiger partial charge in [-0.2, -0.15) is 0 Å². The molecule has 1 heterocycles. The number of hydrogen-bond donors (Lipinski definition) is 0. The average Bonchev–Trinajstić information content (AvgIpc) is 3.13. The molecule has 5 aromatic carbocycles. The Kier molecular flexibility index (Phi) is 4.19. The van der Waals surface area contributed by atoms with E-state index < -0.39 is 0 Å². The second-order valence-corrected chi connectivity index (χ2v) is 8.76. The van der Waals surface area contributed by atoms with Gasteiger partial charge in [-0.25, -0.2) is 0 Å². The van der Waals surface area contributed by atoms with Gasteiger partial charge in [0.2, 0.25) is 0 Å². The number of para-hydroxylation sites is 1. The highest BCUT2D eigenvalue weighted by molar-refractivity contribution is 6.28. The van der Waals surface area contributed by atoms with E-state index in [0.717, 1.165) is 0 Å². The van der Waals surface area contributed by atoms with Crippen LogP contribution in [0.1, 0.15) is 11.1 Å². The maximum absolute atomic E-state index is 2.39. The molecule has 0 aliphatic rings. The SMILES string of the molecule is Cc1cc2c(-c3ccccc3)c(-c3ccccc3)c3c4ccccc4n(C)c3c2cc1C. The van der Waals surface area contributed by atoms with Gasteiger partial charge in [0.05, 0.1) is 5.52 Å². The summed E-state index contributed by atoms with van der Waals surface area (Å²) >= 11 is 0. The van der Waals surface area contributed by atoms with Crippen molar-refractivity contribution in [2.45, 2.75) is 13.8 Å². The summed E-state index contributed by atoms with van der Waals surface area (Å²) < 4.78 is 2.38. The fourth-order valence-electron chi connectivity index (χ4n) is 5.24. The first kappa shape index (κ1) is 18.9. The molecule has 1 heteroatoms. The molecule has 0 spiro atoms. The molecule has 0 unspecified atom stereocenters. The highest BCUT2D eigenvalue weighted by Crippen LogP contribution is 2.48. The maximum Gasteiger partial charge on any atom is 0.0575 e. The molecule has 0 bridgehead atoms. The molecular weight excluding hydrogens is 386 g/mol. The monoisotopic (exact) mass is 411 g/mol. The summed E-state index contributed by atoms with van der Waals surface area (Å²) in [7, 11) is 2.20. The highest BCUT2D eigenvalue weighted by Gasteiger charge is 2.22. The lowest BCUT2D eigenvalue weighted by atomic mass is 9.85. The fraction of sp³-hybridized carbons (Fsp3) is 0.0968. The third kappa shape index (κ3) is 2.64. The quantitative estimate of drug-likeness (QED) is 0.269. The molecule has 0 aliphatic carbocycles. The number of aryl methyl sites for hydroxylation is 3. The van der Waals surface area contributed by atoms with E-state index >= 15 is 0 Å². The van der Waals surface area contributed by atoms with Crippen molar-refractivity contribution in [2.24, 2.45) is 7.05 Å². The molecule has 6 aromatic rings. The maximum atomic E-state index is 2.39. The molecule has 0 radical (unpaired) electrons. The minimum atomic E-state index is 1.26. The van der Waals surface area contributed by atoms with Crippen molar-refractivity contribution in [1.29, 1.82) is 0 Å². The van der Waals surface area contributed by atoms with Crippen LogP contribution in [0, 0.1) is 13.8 Å². The van der Waals surface area contributed by atoms with Crippen LogP contribution in [0.15, 0.2) is 97.1 Å². The summed E-state index contributed by atoms with van der Waals surface area (Å²) in [4.78, 5) is 0. The molecule has 1 nitrogen and oxygen atoms in total. The average molecular weight is 412 g/mol. The second-order valence-electron chi connectivity index (χ2n) is 8.76. The molecule has 6 rings (SSSR count).